The summed E-state index contributed by atoms with van der Waals surface area (Å²) in [4.78, 5) is 17.2. The van der Waals surface area contributed by atoms with Crippen LogP contribution in [0.2, 0.25) is 0 Å². The van der Waals surface area contributed by atoms with E-state index in [1.54, 1.807) is 11.9 Å². The molecule has 1 saturated carbocycles. The van der Waals surface area contributed by atoms with Crippen LogP contribution < -0.4 is 5.73 Å². The Bertz CT molecular complexity index is 493. The molecule has 0 radical (unpaired) electrons. The van der Waals surface area contributed by atoms with Crippen LogP contribution in [0.25, 0.3) is 0 Å². The summed E-state index contributed by atoms with van der Waals surface area (Å²) in [6.45, 7) is 0. The normalized spacial score (nSPS) is 22.9. The number of nitrogens with zero attached hydrogens (tertiary/aromatic N) is 2. The van der Waals surface area contributed by atoms with E-state index in [-0.39, 0.29) is 23.6 Å². The van der Waals surface area contributed by atoms with Gasteiger partial charge in [-0.05, 0) is 37.8 Å². The third-order valence-corrected chi connectivity index (χ3v) is 3.91. The first-order valence-electron chi connectivity index (χ1n) is 6.85. The van der Waals surface area contributed by atoms with Crippen molar-refractivity contribution in [2.24, 2.45) is 5.73 Å². The number of alkyl halides is 3. The topological polar surface area (TPSA) is 59.2 Å². The van der Waals surface area contributed by atoms with Gasteiger partial charge in [0.15, 0.2) is 0 Å². The molecular formula is C14H18F3N3O. The number of hydrogen-bond donors (Lipinski definition) is 1. The lowest BCUT2D eigenvalue weighted by atomic mass is 9.91. The zero-order valence-corrected chi connectivity index (χ0v) is 11.7. The third kappa shape index (κ3) is 3.72. The minimum atomic E-state index is -4.49. The molecule has 4 nitrogen and oxygen atoms in total. The molecule has 2 rings (SSSR count). The number of hydrogen-bond acceptors (Lipinski definition) is 3. The lowest BCUT2D eigenvalue weighted by Crippen LogP contribution is -2.41. The van der Waals surface area contributed by atoms with Gasteiger partial charge in [0.1, 0.15) is 5.69 Å². The maximum atomic E-state index is 12.4. The fraction of sp³-hybridized carbons (Fsp3) is 0.571. The Morgan fingerprint density at radius 1 is 1.29 bits per heavy atom. The van der Waals surface area contributed by atoms with E-state index in [1.165, 1.54) is 6.07 Å². The van der Waals surface area contributed by atoms with E-state index >= 15 is 0 Å². The Hall–Kier alpha value is -1.63. The molecule has 1 aromatic rings. The summed E-state index contributed by atoms with van der Waals surface area (Å²) in [5.41, 5.74) is 4.99. The molecule has 0 atom stereocenters. The summed E-state index contributed by atoms with van der Waals surface area (Å²) in [5.74, 6) is -0.309. The van der Waals surface area contributed by atoms with Crippen LogP contribution >= 0.6 is 0 Å². The average Bonchev–Trinajstić information content (AvgIpc) is 2.46. The summed E-state index contributed by atoms with van der Waals surface area (Å²) in [7, 11) is 1.67. The number of nitrogens with two attached hydrogens (primary N) is 1. The molecule has 2 N–H and O–H groups in total. The van der Waals surface area contributed by atoms with Crippen molar-refractivity contribution < 1.29 is 18.0 Å². The molecule has 0 saturated heterocycles. The van der Waals surface area contributed by atoms with Crippen LogP contribution in [0.15, 0.2) is 18.3 Å². The van der Waals surface area contributed by atoms with E-state index in [4.69, 9.17) is 5.73 Å². The molecule has 0 aliphatic heterocycles. The Balaban J connectivity index is 2.05. The molecule has 1 aromatic heterocycles. The van der Waals surface area contributed by atoms with Gasteiger partial charge in [-0.15, -0.1) is 0 Å². The Morgan fingerprint density at radius 3 is 2.38 bits per heavy atom. The zero-order chi connectivity index (χ0) is 15.6. The maximum Gasteiger partial charge on any atom is 0.433 e. The van der Waals surface area contributed by atoms with E-state index in [9.17, 15) is 18.0 Å². The smallest absolute Gasteiger partial charge is 0.339 e. The quantitative estimate of drug-likeness (QED) is 0.912. The van der Waals surface area contributed by atoms with E-state index in [0.29, 0.717) is 0 Å². The van der Waals surface area contributed by atoms with Crippen LogP contribution in [-0.2, 0) is 6.18 Å². The van der Waals surface area contributed by atoms with E-state index in [1.807, 2.05) is 0 Å². The first-order chi connectivity index (χ1) is 9.79. The van der Waals surface area contributed by atoms with Crippen LogP contribution in [0.3, 0.4) is 0 Å². The van der Waals surface area contributed by atoms with Crippen molar-refractivity contribution in [2.45, 2.75) is 43.9 Å². The third-order valence-electron chi connectivity index (χ3n) is 3.91. The van der Waals surface area contributed by atoms with Crippen molar-refractivity contribution in [2.75, 3.05) is 7.05 Å². The summed E-state index contributed by atoms with van der Waals surface area (Å²) in [5, 5.41) is 0. The predicted molar refractivity (Wildman–Crippen MR) is 71.6 cm³/mol. The molecule has 1 fully saturated rings. The number of carbonyl (C=O) groups is 1. The van der Waals surface area contributed by atoms with Gasteiger partial charge in [0.05, 0.1) is 5.56 Å². The van der Waals surface area contributed by atoms with Crippen molar-refractivity contribution in [3.63, 3.8) is 0 Å². The predicted octanol–water partition coefficient (Wildman–Crippen LogP) is 2.44. The van der Waals surface area contributed by atoms with Crippen molar-refractivity contribution >= 4 is 5.91 Å². The molecule has 0 bridgehead atoms. The fourth-order valence-corrected chi connectivity index (χ4v) is 2.55. The SMILES string of the molecule is CN(C(=O)c1ccc(C(F)(F)F)nc1)C1CCC(N)CC1. The second-order valence-corrected chi connectivity index (χ2v) is 5.41. The number of halogens is 3. The van der Waals surface area contributed by atoms with E-state index < -0.39 is 11.9 Å². The molecule has 0 unspecified atom stereocenters. The van der Waals surface area contributed by atoms with Gasteiger partial charge in [-0.1, -0.05) is 0 Å². The van der Waals surface area contributed by atoms with Gasteiger partial charge < -0.3 is 10.6 Å². The van der Waals surface area contributed by atoms with Crippen molar-refractivity contribution in [3.8, 4) is 0 Å². The second-order valence-electron chi connectivity index (χ2n) is 5.41. The highest BCUT2D eigenvalue weighted by Crippen LogP contribution is 2.27. The Morgan fingerprint density at radius 2 is 1.90 bits per heavy atom. The van der Waals surface area contributed by atoms with Gasteiger partial charge >= 0.3 is 6.18 Å². The molecule has 1 aliphatic rings. The Kier molecular flexibility index (Phi) is 4.51. The first-order valence-corrected chi connectivity index (χ1v) is 6.85. The van der Waals surface area contributed by atoms with E-state index in [2.05, 4.69) is 4.98 Å². The molecule has 21 heavy (non-hydrogen) atoms. The van der Waals surface area contributed by atoms with Crippen LogP contribution in [0.1, 0.15) is 41.7 Å². The maximum absolute atomic E-state index is 12.4. The molecule has 1 aliphatic carbocycles. The number of aromatic nitrogens is 1. The molecule has 0 spiro atoms. The molecule has 7 heteroatoms. The summed E-state index contributed by atoms with van der Waals surface area (Å²) >= 11 is 0. The van der Waals surface area contributed by atoms with E-state index in [0.717, 1.165) is 37.9 Å². The largest absolute Gasteiger partial charge is 0.433 e. The van der Waals surface area contributed by atoms with Gasteiger partial charge in [-0.3, -0.25) is 9.78 Å². The minimum Gasteiger partial charge on any atom is -0.339 e. The minimum absolute atomic E-state index is 0.0830. The van der Waals surface area contributed by atoms with Gasteiger partial charge in [0.2, 0.25) is 0 Å². The molecular weight excluding hydrogens is 283 g/mol. The van der Waals surface area contributed by atoms with Crippen LogP contribution in [0, 0.1) is 0 Å². The highest BCUT2D eigenvalue weighted by Gasteiger charge is 2.32. The number of carbonyl (C=O) groups excluding carboxylic acids is 1. The molecule has 1 heterocycles. The average molecular weight is 301 g/mol. The Labute approximate surface area is 121 Å². The van der Waals surface area contributed by atoms with Crippen molar-refractivity contribution in [3.05, 3.63) is 29.6 Å². The lowest BCUT2D eigenvalue weighted by molar-refractivity contribution is -0.141. The highest BCUT2D eigenvalue weighted by molar-refractivity contribution is 5.93. The number of rotatable bonds is 2. The summed E-state index contributed by atoms with van der Waals surface area (Å²) < 4.78 is 37.3. The summed E-state index contributed by atoms with van der Waals surface area (Å²) in [6, 6.07) is 2.26. The second kappa shape index (κ2) is 6.01. The summed E-state index contributed by atoms with van der Waals surface area (Å²) in [6.07, 6.45) is -0.167. The monoisotopic (exact) mass is 301 g/mol. The standard InChI is InChI=1S/C14H18F3N3O/c1-20(11-5-3-10(18)4-6-11)13(21)9-2-7-12(19-8-9)14(15,16)17/h2,7-8,10-11H,3-6,18H2,1H3. The van der Waals surface area contributed by atoms with Crippen LogP contribution in [0.5, 0.6) is 0 Å². The fourth-order valence-electron chi connectivity index (χ4n) is 2.55. The van der Waals surface area contributed by atoms with Gasteiger partial charge in [-0.25, -0.2) is 0 Å². The molecule has 0 aromatic carbocycles. The number of pyridine rings is 1. The zero-order valence-electron chi connectivity index (χ0n) is 11.7. The van der Waals surface area contributed by atoms with Crippen LogP contribution in [-0.4, -0.2) is 34.9 Å². The van der Waals surface area contributed by atoms with Gasteiger partial charge in [0, 0.05) is 25.3 Å². The molecule has 116 valence electrons. The highest BCUT2D eigenvalue weighted by atomic mass is 19.4. The molecule has 1 amide bonds. The van der Waals surface area contributed by atoms with Crippen LogP contribution in [0.4, 0.5) is 13.2 Å². The van der Waals surface area contributed by atoms with Gasteiger partial charge in [0.25, 0.3) is 5.91 Å². The number of amides is 1. The van der Waals surface area contributed by atoms with Gasteiger partial charge in [-0.2, -0.15) is 13.2 Å². The van der Waals surface area contributed by atoms with Crippen molar-refractivity contribution in [1.82, 2.24) is 9.88 Å². The lowest BCUT2D eigenvalue weighted by Gasteiger charge is -2.33. The van der Waals surface area contributed by atoms with Crippen molar-refractivity contribution in [1.29, 1.82) is 0 Å². The first kappa shape index (κ1) is 15.8.